The highest BCUT2D eigenvalue weighted by molar-refractivity contribution is 6.06. The fourth-order valence-electron chi connectivity index (χ4n) is 6.68. The van der Waals surface area contributed by atoms with Crippen molar-refractivity contribution in [1.82, 2.24) is 19.6 Å². The van der Waals surface area contributed by atoms with Crippen molar-refractivity contribution >= 4 is 34.3 Å². The molecule has 3 atom stereocenters. The highest BCUT2D eigenvalue weighted by Crippen LogP contribution is 2.60. The van der Waals surface area contributed by atoms with Gasteiger partial charge in [-0.05, 0) is 55.2 Å². The molecular weight excluding hydrogens is 492 g/mol. The molecule has 3 heterocycles. The molecule has 1 saturated heterocycles. The second-order valence-corrected chi connectivity index (χ2v) is 12.0. The molecule has 1 aliphatic carbocycles. The summed E-state index contributed by atoms with van der Waals surface area (Å²) in [4.78, 5) is 56.1. The molecule has 2 bridgehead atoms. The van der Waals surface area contributed by atoms with Crippen LogP contribution >= 0.6 is 0 Å². The summed E-state index contributed by atoms with van der Waals surface area (Å²) in [5.74, 6) is 0.141. The van der Waals surface area contributed by atoms with Crippen molar-refractivity contribution in [2.24, 2.45) is 5.41 Å². The van der Waals surface area contributed by atoms with Gasteiger partial charge in [0.05, 0.1) is 11.6 Å². The van der Waals surface area contributed by atoms with Crippen molar-refractivity contribution in [2.45, 2.75) is 97.2 Å². The third-order valence-corrected chi connectivity index (χ3v) is 8.90. The van der Waals surface area contributed by atoms with E-state index in [0.29, 0.717) is 37.9 Å². The van der Waals surface area contributed by atoms with Crippen LogP contribution in [0.1, 0.15) is 93.8 Å². The Balaban J connectivity index is 1.61. The van der Waals surface area contributed by atoms with E-state index in [-0.39, 0.29) is 47.3 Å². The molecule has 0 unspecified atom stereocenters. The Morgan fingerprint density at radius 1 is 1.13 bits per heavy atom. The maximum Gasteiger partial charge on any atom is 0.245 e. The van der Waals surface area contributed by atoms with E-state index in [4.69, 9.17) is 0 Å². The van der Waals surface area contributed by atoms with Crippen LogP contribution in [0, 0.1) is 5.41 Å². The molecule has 1 aromatic carbocycles. The SMILES string of the molecule is CCC(=O)[C@@H]1C[C@@]23C[C@H]2N1C(=O)Cn1nc(C(C)=O)c2cc(C(C)C)cc(c21)C/C=C/CCCC(=O)N(C)C3. The van der Waals surface area contributed by atoms with E-state index >= 15 is 0 Å². The van der Waals surface area contributed by atoms with Crippen LogP contribution in [0.25, 0.3) is 10.9 Å². The maximum absolute atomic E-state index is 14.0. The number of piperidine rings is 1. The quantitative estimate of drug-likeness (QED) is 0.429. The minimum atomic E-state index is -0.479. The molecule has 0 N–H and O–H groups in total. The number of benzene rings is 1. The van der Waals surface area contributed by atoms with E-state index in [1.54, 1.807) is 14.5 Å². The number of carbonyl (C=O) groups excluding carboxylic acids is 4. The first-order chi connectivity index (χ1) is 18.6. The predicted octanol–water partition coefficient (Wildman–Crippen LogP) is 4.44. The van der Waals surface area contributed by atoms with E-state index in [2.05, 4.69) is 37.2 Å². The molecule has 8 nitrogen and oxygen atoms in total. The molecule has 2 aromatic rings. The molecule has 0 radical (unpaired) electrons. The Morgan fingerprint density at radius 3 is 2.59 bits per heavy atom. The van der Waals surface area contributed by atoms with Gasteiger partial charge in [-0.25, -0.2) is 0 Å². The summed E-state index contributed by atoms with van der Waals surface area (Å²) in [7, 11) is 1.84. The monoisotopic (exact) mass is 532 g/mol. The van der Waals surface area contributed by atoms with Gasteiger partial charge >= 0.3 is 0 Å². The van der Waals surface area contributed by atoms with E-state index in [1.807, 2.05) is 20.0 Å². The number of amides is 2. The molecule has 208 valence electrons. The Kier molecular flexibility index (Phi) is 7.25. The van der Waals surface area contributed by atoms with Gasteiger partial charge in [-0.15, -0.1) is 0 Å². The molecule has 2 fully saturated rings. The molecule has 8 heteroatoms. The zero-order valence-corrected chi connectivity index (χ0v) is 23.8. The highest BCUT2D eigenvalue weighted by atomic mass is 16.2. The molecular formula is C31H40N4O4. The van der Waals surface area contributed by atoms with Gasteiger partial charge in [0.2, 0.25) is 11.8 Å². The normalized spacial score (nSPS) is 26.6. The first-order valence-electron chi connectivity index (χ1n) is 14.3. The lowest BCUT2D eigenvalue weighted by Gasteiger charge is -2.26. The number of rotatable bonds is 4. The summed E-state index contributed by atoms with van der Waals surface area (Å²) in [5.41, 5.74) is 3.10. The molecule has 3 aliphatic rings. The zero-order valence-electron chi connectivity index (χ0n) is 23.8. The van der Waals surface area contributed by atoms with Crippen molar-refractivity contribution < 1.29 is 19.2 Å². The van der Waals surface area contributed by atoms with Crippen LogP contribution in [0.4, 0.5) is 0 Å². The minimum absolute atomic E-state index is 0.0314. The van der Waals surface area contributed by atoms with Crippen LogP contribution in [0.15, 0.2) is 24.3 Å². The van der Waals surface area contributed by atoms with Gasteiger partial charge < -0.3 is 9.80 Å². The van der Waals surface area contributed by atoms with Crippen molar-refractivity contribution in [2.75, 3.05) is 13.6 Å². The summed E-state index contributed by atoms with van der Waals surface area (Å²) in [6.07, 6.45) is 8.65. The second-order valence-electron chi connectivity index (χ2n) is 12.0. The Labute approximate surface area is 230 Å². The largest absolute Gasteiger partial charge is 0.345 e. The Bertz CT molecular complexity index is 1370. The van der Waals surface area contributed by atoms with Gasteiger partial charge in [0, 0.05) is 50.2 Å². The third-order valence-electron chi connectivity index (χ3n) is 8.90. The lowest BCUT2D eigenvalue weighted by molar-refractivity contribution is -0.139. The van der Waals surface area contributed by atoms with Gasteiger partial charge in [0.15, 0.2) is 11.6 Å². The van der Waals surface area contributed by atoms with Crippen molar-refractivity contribution in [1.29, 1.82) is 0 Å². The number of carbonyl (C=O) groups is 4. The highest BCUT2D eigenvalue weighted by Gasteiger charge is 2.67. The zero-order chi connectivity index (χ0) is 28.1. The van der Waals surface area contributed by atoms with Crippen LogP contribution in [0.5, 0.6) is 0 Å². The molecule has 1 saturated carbocycles. The molecule has 2 amide bonds. The molecule has 2 aliphatic heterocycles. The number of aromatic nitrogens is 2. The van der Waals surface area contributed by atoms with Gasteiger partial charge in [0.1, 0.15) is 12.2 Å². The average Bonchev–Trinajstić information content (AvgIpc) is 3.29. The van der Waals surface area contributed by atoms with Crippen LogP contribution in [0.2, 0.25) is 0 Å². The second kappa shape index (κ2) is 10.4. The first-order valence-corrected chi connectivity index (χ1v) is 14.3. The van der Waals surface area contributed by atoms with Gasteiger partial charge in [0.25, 0.3) is 0 Å². The number of hydrogen-bond acceptors (Lipinski definition) is 5. The molecule has 0 spiro atoms. The molecule has 5 rings (SSSR count). The van der Waals surface area contributed by atoms with E-state index < -0.39 is 6.04 Å². The standard InChI is InChI=1S/C31H40N4O4/c1-6-25(37)24-15-31-16-26(31)35(24)28(39)17-34-30-21(11-9-7-8-10-12-27(38)33(5)18-31)13-22(19(2)3)14-23(30)29(32-34)20(4)36/h7,9,13-14,19,24,26H,6,8,10-12,15-18H2,1-5H3/b9-7+/t24-,26+,31-/m0/s1. The van der Waals surface area contributed by atoms with Gasteiger partial charge in [-0.1, -0.05) is 39.0 Å². The summed E-state index contributed by atoms with van der Waals surface area (Å²) < 4.78 is 1.69. The summed E-state index contributed by atoms with van der Waals surface area (Å²) in [5, 5.41) is 5.45. The fourth-order valence-corrected chi connectivity index (χ4v) is 6.68. The number of ketones is 2. The number of Topliss-reactive ketones (excluding diaryl/α,β-unsaturated/α-hetero) is 2. The smallest absolute Gasteiger partial charge is 0.245 e. The van der Waals surface area contributed by atoms with Crippen LogP contribution in [-0.4, -0.2) is 68.6 Å². The number of allylic oxidation sites excluding steroid dienone is 2. The Hall–Kier alpha value is -3.29. The lowest BCUT2D eigenvalue weighted by atomic mass is 9.95. The van der Waals surface area contributed by atoms with Crippen LogP contribution < -0.4 is 0 Å². The van der Waals surface area contributed by atoms with Crippen molar-refractivity contribution in [3.05, 3.63) is 41.1 Å². The number of nitrogens with zero attached hydrogens (tertiary/aromatic N) is 4. The lowest BCUT2D eigenvalue weighted by Crippen LogP contribution is -2.44. The summed E-state index contributed by atoms with van der Waals surface area (Å²) in [6, 6.07) is 3.65. The van der Waals surface area contributed by atoms with E-state index in [1.165, 1.54) is 6.92 Å². The Morgan fingerprint density at radius 2 is 1.90 bits per heavy atom. The fraction of sp³-hybridized carbons (Fsp3) is 0.581. The summed E-state index contributed by atoms with van der Waals surface area (Å²) in [6.45, 7) is 8.12. The average molecular weight is 533 g/mol. The first kappa shape index (κ1) is 27.3. The summed E-state index contributed by atoms with van der Waals surface area (Å²) >= 11 is 0. The van der Waals surface area contributed by atoms with Gasteiger partial charge in [-0.2, -0.15) is 5.10 Å². The molecule has 39 heavy (non-hydrogen) atoms. The van der Waals surface area contributed by atoms with Crippen molar-refractivity contribution in [3.8, 4) is 0 Å². The topological polar surface area (TPSA) is 92.6 Å². The van der Waals surface area contributed by atoms with E-state index in [9.17, 15) is 19.2 Å². The van der Waals surface area contributed by atoms with Crippen LogP contribution in [-0.2, 0) is 27.3 Å². The predicted molar refractivity (Wildman–Crippen MR) is 150 cm³/mol. The van der Waals surface area contributed by atoms with Crippen LogP contribution in [0.3, 0.4) is 0 Å². The number of hydrogen-bond donors (Lipinski definition) is 0. The van der Waals surface area contributed by atoms with E-state index in [0.717, 1.165) is 41.3 Å². The van der Waals surface area contributed by atoms with Gasteiger partial charge in [-0.3, -0.25) is 23.9 Å². The minimum Gasteiger partial charge on any atom is -0.345 e. The van der Waals surface area contributed by atoms with Crippen molar-refractivity contribution in [3.63, 3.8) is 0 Å². The third kappa shape index (κ3) is 4.94. The maximum atomic E-state index is 14.0. The molecule has 1 aromatic heterocycles.